The van der Waals surface area contributed by atoms with Gasteiger partial charge in [-0.15, -0.1) is 0 Å². The molecule has 2 unspecified atom stereocenters. The number of fused-ring (bicyclic) bond motifs is 1. The molecule has 26 heavy (non-hydrogen) atoms. The molecule has 136 valence electrons. The van der Waals surface area contributed by atoms with Crippen molar-refractivity contribution in [2.24, 2.45) is 5.92 Å². The zero-order valence-corrected chi connectivity index (χ0v) is 14.9. The quantitative estimate of drug-likeness (QED) is 0.920. The van der Waals surface area contributed by atoms with E-state index >= 15 is 0 Å². The number of carbonyl (C=O) groups excluding carboxylic acids is 1. The molecule has 1 amide bonds. The van der Waals surface area contributed by atoms with E-state index in [4.69, 9.17) is 0 Å². The standard InChI is InChI=1S/C20H23N3O3/c1-13-10-11-14(20(25)26)12-22(13)19(24)18-16-8-5-9-17(16)23(21-18)15-6-3-2-4-7-15/h2-4,6-7,13-14H,5,8-12H2,1H3,(H,25,26). The molecule has 2 aliphatic rings. The van der Waals surface area contributed by atoms with Gasteiger partial charge < -0.3 is 10.0 Å². The number of benzene rings is 1. The van der Waals surface area contributed by atoms with Crippen LogP contribution in [0, 0.1) is 5.92 Å². The van der Waals surface area contributed by atoms with Crippen molar-refractivity contribution in [3.05, 3.63) is 47.3 Å². The highest BCUT2D eigenvalue weighted by molar-refractivity contribution is 5.95. The Bertz CT molecular complexity index is 843. The first-order chi connectivity index (χ1) is 12.6. The molecule has 1 fully saturated rings. The summed E-state index contributed by atoms with van der Waals surface area (Å²) in [6.07, 6.45) is 4.13. The molecule has 1 aliphatic heterocycles. The summed E-state index contributed by atoms with van der Waals surface area (Å²) in [7, 11) is 0. The lowest BCUT2D eigenvalue weighted by Crippen LogP contribution is -2.47. The molecule has 4 rings (SSSR count). The number of carboxylic acids is 1. The Balaban J connectivity index is 1.69. The van der Waals surface area contributed by atoms with E-state index in [2.05, 4.69) is 5.10 Å². The second kappa shape index (κ2) is 6.59. The van der Waals surface area contributed by atoms with Crippen LogP contribution in [0.5, 0.6) is 0 Å². The first kappa shape index (κ1) is 16.8. The van der Waals surface area contributed by atoms with Gasteiger partial charge in [-0.3, -0.25) is 9.59 Å². The van der Waals surface area contributed by atoms with Crippen LogP contribution < -0.4 is 0 Å². The van der Waals surface area contributed by atoms with Crippen LogP contribution in [0.3, 0.4) is 0 Å². The van der Waals surface area contributed by atoms with Crippen LogP contribution in [0.25, 0.3) is 5.69 Å². The molecular weight excluding hydrogens is 330 g/mol. The number of likely N-dealkylation sites (tertiary alicyclic amines) is 1. The summed E-state index contributed by atoms with van der Waals surface area (Å²) in [5.41, 5.74) is 3.60. The molecule has 2 aromatic rings. The van der Waals surface area contributed by atoms with E-state index in [-0.39, 0.29) is 18.5 Å². The van der Waals surface area contributed by atoms with Gasteiger partial charge in [0.05, 0.1) is 11.6 Å². The Morgan fingerprint density at radius 1 is 1.15 bits per heavy atom. The lowest BCUT2D eigenvalue weighted by atomic mass is 9.93. The molecule has 6 nitrogen and oxygen atoms in total. The number of piperidine rings is 1. The highest BCUT2D eigenvalue weighted by atomic mass is 16.4. The van der Waals surface area contributed by atoms with Crippen molar-refractivity contribution in [3.8, 4) is 5.69 Å². The topological polar surface area (TPSA) is 75.4 Å². The third-order valence-electron chi connectivity index (χ3n) is 5.63. The zero-order valence-electron chi connectivity index (χ0n) is 14.9. The molecule has 0 bridgehead atoms. The highest BCUT2D eigenvalue weighted by Crippen LogP contribution is 2.30. The summed E-state index contributed by atoms with van der Waals surface area (Å²) in [4.78, 5) is 26.3. The predicted molar refractivity (Wildman–Crippen MR) is 96.4 cm³/mol. The number of amides is 1. The molecule has 1 aliphatic carbocycles. The van der Waals surface area contributed by atoms with Crippen molar-refractivity contribution in [1.82, 2.24) is 14.7 Å². The van der Waals surface area contributed by atoms with E-state index < -0.39 is 11.9 Å². The average Bonchev–Trinajstić information content (AvgIpc) is 3.24. The fourth-order valence-corrected chi connectivity index (χ4v) is 4.12. The molecular formula is C20H23N3O3. The van der Waals surface area contributed by atoms with Crippen molar-refractivity contribution in [2.45, 2.75) is 45.1 Å². The lowest BCUT2D eigenvalue weighted by Gasteiger charge is -2.36. The molecule has 2 atom stereocenters. The molecule has 1 aromatic carbocycles. The minimum Gasteiger partial charge on any atom is -0.481 e. The number of aliphatic carboxylic acids is 1. The maximum Gasteiger partial charge on any atom is 0.308 e. The number of hydrogen-bond acceptors (Lipinski definition) is 3. The number of para-hydroxylation sites is 1. The van der Waals surface area contributed by atoms with E-state index in [1.807, 2.05) is 41.9 Å². The largest absolute Gasteiger partial charge is 0.481 e. The first-order valence-corrected chi connectivity index (χ1v) is 9.26. The van der Waals surface area contributed by atoms with Crippen LogP contribution in [-0.4, -0.2) is 44.3 Å². The summed E-state index contributed by atoms with van der Waals surface area (Å²) in [6.45, 7) is 2.26. The highest BCUT2D eigenvalue weighted by Gasteiger charge is 2.36. The Hall–Kier alpha value is -2.63. The van der Waals surface area contributed by atoms with Crippen LogP contribution in [0.4, 0.5) is 0 Å². The summed E-state index contributed by atoms with van der Waals surface area (Å²) >= 11 is 0. The monoisotopic (exact) mass is 353 g/mol. The van der Waals surface area contributed by atoms with Crippen LogP contribution in [0.15, 0.2) is 30.3 Å². The van der Waals surface area contributed by atoms with Gasteiger partial charge in [0.25, 0.3) is 5.91 Å². The van der Waals surface area contributed by atoms with E-state index in [1.165, 1.54) is 0 Å². The summed E-state index contributed by atoms with van der Waals surface area (Å²) in [5, 5.41) is 14.0. The molecule has 0 saturated carbocycles. The molecule has 1 saturated heterocycles. The third-order valence-corrected chi connectivity index (χ3v) is 5.63. The van der Waals surface area contributed by atoms with Crippen LogP contribution in [-0.2, 0) is 17.6 Å². The number of hydrogen-bond donors (Lipinski definition) is 1. The van der Waals surface area contributed by atoms with Gasteiger partial charge in [0.2, 0.25) is 0 Å². The Kier molecular flexibility index (Phi) is 4.26. The van der Waals surface area contributed by atoms with E-state index in [0.29, 0.717) is 18.5 Å². The van der Waals surface area contributed by atoms with E-state index in [0.717, 1.165) is 36.2 Å². The minimum absolute atomic E-state index is 0.0389. The summed E-state index contributed by atoms with van der Waals surface area (Å²) < 4.78 is 1.89. The van der Waals surface area contributed by atoms with Gasteiger partial charge in [0, 0.05) is 23.8 Å². The van der Waals surface area contributed by atoms with Crippen LogP contribution in [0.2, 0.25) is 0 Å². The first-order valence-electron chi connectivity index (χ1n) is 9.26. The lowest BCUT2D eigenvalue weighted by molar-refractivity contribution is -0.143. The minimum atomic E-state index is -0.824. The second-order valence-corrected chi connectivity index (χ2v) is 7.29. The predicted octanol–water partition coefficient (Wildman–Crippen LogP) is 2.69. The normalized spacial score (nSPS) is 22.3. The van der Waals surface area contributed by atoms with Gasteiger partial charge in [-0.05, 0) is 51.2 Å². The molecule has 0 spiro atoms. The Labute approximate surface area is 152 Å². The van der Waals surface area contributed by atoms with Crippen LogP contribution >= 0.6 is 0 Å². The summed E-state index contributed by atoms with van der Waals surface area (Å²) in [6, 6.07) is 9.90. The van der Waals surface area contributed by atoms with Crippen molar-refractivity contribution >= 4 is 11.9 Å². The van der Waals surface area contributed by atoms with Gasteiger partial charge in [-0.1, -0.05) is 18.2 Å². The summed E-state index contributed by atoms with van der Waals surface area (Å²) in [5.74, 6) is -1.44. The molecule has 0 radical (unpaired) electrons. The fourth-order valence-electron chi connectivity index (χ4n) is 4.12. The molecule has 1 N–H and O–H groups in total. The molecule has 2 heterocycles. The van der Waals surface area contributed by atoms with Crippen LogP contribution in [0.1, 0.15) is 47.9 Å². The maximum absolute atomic E-state index is 13.2. The van der Waals surface area contributed by atoms with Crippen molar-refractivity contribution < 1.29 is 14.7 Å². The number of carboxylic acid groups (broad SMARTS) is 1. The number of rotatable bonds is 3. The van der Waals surface area contributed by atoms with E-state index in [1.54, 1.807) is 4.90 Å². The van der Waals surface area contributed by atoms with Crippen molar-refractivity contribution in [1.29, 1.82) is 0 Å². The Morgan fingerprint density at radius 3 is 2.65 bits per heavy atom. The fraction of sp³-hybridized carbons (Fsp3) is 0.450. The molecule has 1 aromatic heterocycles. The maximum atomic E-state index is 13.2. The number of nitrogens with zero attached hydrogens (tertiary/aromatic N) is 3. The van der Waals surface area contributed by atoms with Crippen molar-refractivity contribution in [2.75, 3.05) is 6.54 Å². The van der Waals surface area contributed by atoms with Gasteiger partial charge >= 0.3 is 5.97 Å². The van der Waals surface area contributed by atoms with Gasteiger partial charge in [0.15, 0.2) is 5.69 Å². The average molecular weight is 353 g/mol. The van der Waals surface area contributed by atoms with E-state index in [9.17, 15) is 14.7 Å². The second-order valence-electron chi connectivity index (χ2n) is 7.29. The number of carbonyl (C=O) groups is 2. The van der Waals surface area contributed by atoms with Gasteiger partial charge in [-0.25, -0.2) is 4.68 Å². The molecule has 6 heteroatoms. The zero-order chi connectivity index (χ0) is 18.3. The Morgan fingerprint density at radius 2 is 1.92 bits per heavy atom. The SMILES string of the molecule is CC1CCC(C(=O)O)CN1C(=O)c1nn(-c2ccccc2)c2c1CCC2. The van der Waals surface area contributed by atoms with Gasteiger partial charge in [-0.2, -0.15) is 5.10 Å². The van der Waals surface area contributed by atoms with Gasteiger partial charge in [0.1, 0.15) is 0 Å². The smallest absolute Gasteiger partial charge is 0.308 e. The number of aromatic nitrogens is 2. The van der Waals surface area contributed by atoms with Crippen molar-refractivity contribution in [3.63, 3.8) is 0 Å². The third kappa shape index (κ3) is 2.79.